The molecule has 1 fully saturated rings. The second kappa shape index (κ2) is 9.23. The molecular weight excluding hydrogens is 362 g/mol. The van der Waals surface area contributed by atoms with Crippen LogP contribution in [0.1, 0.15) is 0 Å². The van der Waals surface area contributed by atoms with Crippen molar-refractivity contribution in [2.45, 2.75) is 0 Å². The van der Waals surface area contributed by atoms with Crippen molar-refractivity contribution < 1.29 is 19.0 Å². The summed E-state index contributed by atoms with van der Waals surface area (Å²) in [4.78, 5) is 25.2. The van der Waals surface area contributed by atoms with Gasteiger partial charge in [-0.1, -0.05) is 0 Å². The molecule has 1 saturated heterocycles. The first-order valence-electron chi connectivity index (χ1n) is 9.00. The highest BCUT2D eigenvalue weighted by Crippen LogP contribution is 2.24. The van der Waals surface area contributed by atoms with Crippen molar-refractivity contribution in [2.24, 2.45) is 0 Å². The molecule has 9 nitrogen and oxygen atoms in total. The first kappa shape index (κ1) is 19.7. The Morgan fingerprint density at radius 2 is 1.89 bits per heavy atom. The second-order valence-corrected chi connectivity index (χ2v) is 6.41. The zero-order valence-corrected chi connectivity index (χ0v) is 16.3. The molecule has 1 N–H and O–H groups in total. The van der Waals surface area contributed by atoms with E-state index in [-0.39, 0.29) is 12.5 Å². The summed E-state index contributed by atoms with van der Waals surface area (Å²) >= 11 is 0. The number of carbonyl (C=O) groups is 1. The van der Waals surface area contributed by atoms with Crippen LogP contribution >= 0.6 is 0 Å². The number of carbonyl (C=O) groups excluding carboxylic acids is 1. The summed E-state index contributed by atoms with van der Waals surface area (Å²) in [6, 6.07) is 7.04. The topological polar surface area (TPSA) is 89.0 Å². The number of nitrogens with one attached hydrogen (secondary N) is 1. The molecule has 0 bridgehead atoms. The van der Waals surface area contributed by atoms with E-state index in [2.05, 4.69) is 20.2 Å². The zero-order chi connectivity index (χ0) is 19.9. The Balaban J connectivity index is 1.63. The molecule has 1 aromatic carbocycles. The van der Waals surface area contributed by atoms with Gasteiger partial charge >= 0.3 is 0 Å². The van der Waals surface area contributed by atoms with Gasteiger partial charge in [0.1, 0.15) is 17.2 Å². The van der Waals surface area contributed by atoms with Crippen molar-refractivity contribution in [3.05, 3.63) is 30.5 Å². The molecule has 0 atom stereocenters. The van der Waals surface area contributed by atoms with Gasteiger partial charge in [0.2, 0.25) is 5.95 Å². The van der Waals surface area contributed by atoms with Gasteiger partial charge in [-0.2, -0.15) is 4.98 Å². The Morgan fingerprint density at radius 1 is 1.21 bits per heavy atom. The molecule has 2 heterocycles. The molecule has 3 rings (SSSR count). The Hall–Kier alpha value is -3.07. The lowest BCUT2D eigenvalue weighted by Crippen LogP contribution is -2.37. The molecule has 150 valence electrons. The molecule has 1 aromatic heterocycles. The number of hydrogen-bond acceptors (Lipinski definition) is 8. The molecule has 0 aliphatic carbocycles. The van der Waals surface area contributed by atoms with Crippen molar-refractivity contribution >= 4 is 23.4 Å². The standard InChI is InChI=1S/C19H25N5O4/c1-23(2)18-16(12-20-19(22-18)24-8-10-27-11-9-24)21-17(25)13-28-15-6-4-14(26-3)5-7-15/h4-7,12H,8-11,13H2,1-3H3,(H,21,25). The lowest BCUT2D eigenvalue weighted by atomic mass is 10.3. The summed E-state index contributed by atoms with van der Waals surface area (Å²) in [5, 5.41) is 2.82. The highest BCUT2D eigenvalue weighted by Gasteiger charge is 2.18. The summed E-state index contributed by atoms with van der Waals surface area (Å²) in [5.74, 6) is 2.28. The van der Waals surface area contributed by atoms with E-state index in [1.807, 2.05) is 19.0 Å². The number of rotatable bonds is 7. The minimum absolute atomic E-state index is 0.121. The van der Waals surface area contributed by atoms with Gasteiger partial charge in [-0.25, -0.2) is 4.98 Å². The normalized spacial score (nSPS) is 13.8. The predicted octanol–water partition coefficient (Wildman–Crippen LogP) is 1.41. The molecule has 2 aromatic rings. The number of ether oxygens (including phenoxy) is 3. The zero-order valence-electron chi connectivity index (χ0n) is 16.3. The number of amides is 1. The van der Waals surface area contributed by atoms with Crippen molar-refractivity contribution in [3.63, 3.8) is 0 Å². The van der Waals surface area contributed by atoms with Crippen LogP contribution in [0, 0.1) is 0 Å². The van der Waals surface area contributed by atoms with Crippen LogP contribution in [-0.4, -0.2) is 70.0 Å². The maximum atomic E-state index is 12.3. The molecule has 1 amide bonds. The lowest BCUT2D eigenvalue weighted by molar-refractivity contribution is -0.118. The maximum absolute atomic E-state index is 12.3. The van der Waals surface area contributed by atoms with E-state index in [1.165, 1.54) is 0 Å². The number of methoxy groups -OCH3 is 1. The average Bonchev–Trinajstić information content (AvgIpc) is 2.73. The van der Waals surface area contributed by atoms with Crippen molar-refractivity contribution in [1.82, 2.24) is 9.97 Å². The van der Waals surface area contributed by atoms with Crippen LogP contribution in [0.25, 0.3) is 0 Å². The summed E-state index contributed by atoms with van der Waals surface area (Å²) in [6.07, 6.45) is 1.62. The van der Waals surface area contributed by atoms with Crippen LogP contribution in [0.15, 0.2) is 30.5 Å². The molecule has 0 spiro atoms. The summed E-state index contributed by atoms with van der Waals surface area (Å²) < 4.78 is 16.0. The second-order valence-electron chi connectivity index (χ2n) is 6.41. The summed E-state index contributed by atoms with van der Waals surface area (Å²) in [7, 11) is 5.34. The van der Waals surface area contributed by atoms with Gasteiger partial charge < -0.3 is 29.3 Å². The van der Waals surface area contributed by atoms with E-state index in [1.54, 1.807) is 37.6 Å². The Labute approximate surface area is 164 Å². The quantitative estimate of drug-likeness (QED) is 0.763. The van der Waals surface area contributed by atoms with E-state index in [0.717, 1.165) is 18.8 Å². The van der Waals surface area contributed by atoms with Gasteiger partial charge in [0.15, 0.2) is 12.4 Å². The number of anilines is 3. The molecular formula is C19H25N5O4. The van der Waals surface area contributed by atoms with Crippen molar-refractivity contribution in [2.75, 3.05) is 69.2 Å². The Kier molecular flexibility index (Phi) is 6.49. The van der Waals surface area contributed by atoms with Crippen LogP contribution in [0.2, 0.25) is 0 Å². The monoisotopic (exact) mass is 387 g/mol. The fraction of sp³-hybridized carbons (Fsp3) is 0.421. The van der Waals surface area contributed by atoms with E-state index >= 15 is 0 Å². The summed E-state index contributed by atoms with van der Waals surface area (Å²) in [5.41, 5.74) is 0.533. The Morgan fingerprint density at radius 3 is 2.54 bits per heavy atom. The predicted molar refractivity (Wildman–Crippen MR) is 107 cm³/mol. The first-order valence-corrected chi connectivity index (χ1v) is 9.00. The van der Waals surface area contributed by atoms with Gasteiger partial charge in [0.05, 0.1) is 26.5 Å². The average molecular weight is 387 g/mol. The van der Waals surface area contributed by atoms with Crippen LogP contribution in [-0.2, 0) is 9.53 Å². The number of benzene rings is 1. The fourth-order valence-electron chi connectivity index (χ4n) is 2.72. The number of morpholine rings is 1. The van der Waals surface area contributed by atoms with Crippen LogP contribution < -0.4 is 24.6 Å². The lowest BCUT2D eigenvalue weighted by Gasteiger charge is -2.28. The van der Waals surface area contributed by atoms with Gasteiger partial charge in [0, 0.05) is 27.2 Å². The number of aromatic nitrogens is 2. The highest BCUT2D eigenvalue weighted by atomic mass is 16.5. The minimum Gasteiger partial charge on any atom is -0.497 e. The van der Waals surface area contributed by atoms with E-state index in [0.29, 0.717) is 36.4 Å². The largest absolute Gasteiger partial charge is 0.497 e. The molecule has 0 unspecified atom stereocenters. The molecule has 9 heteroatoms. The number of nitrogens with zero attached hydrogens (tertiary/aromatic N) is 4. The van der Waals surface area contributed by atoms with Crippen molar-refractivity contribution in [3.8, 4) is 11.5 Å². The fourth-order valence-corrected chi connectivity index (χ4v) is 2.72. The van der Waals surface area contributed by atoms with Gasteiger partial charge in [-0.05, 0) is 24.3 Å². The van der Waals surface area contributed by atoms with Crippen LogP contribution in [0.4, 0.5) is 17.5 Å². The maximum Gasteiger partial charge on any atom is 0.262 e. The summed E-state index contributed by atoms with van der Waals surface area (Å²) in [6.45, 7) is 2.68. The highest BCUT2D eigenvalue weighted by molar-refractivity contribution is 5.94. The minimum atomic E-state index is -0.290. The molecule has 0 saturated carbocycles. The van der Waals surface area contributed by atoms with E-state index < -0.39 is 0 Å². The van der Waals surface area contributed by atoms with E-state index in [4.69, 9.17) is 14.2 Å². The van der Waals surface area contributed by atoms with Gasteiger partial charge in [0.25, 0.3) is 5.91 Å². The first-order chi connectivity index (χ1) is 13.6. The molecule has 0 radical (unpaired) electrons. The molecule has 1 aliphatic heterocycles. The van der Waals surface area contributed by atoms with E-state index in [9.17, 15) is 4.79 Å². The third kappa shape index (κ3) is 5.01. The number of hydrogen-bond donors (Lipinski definition) is 1. The SMILES string of the molecule is COc1ccc(OCC(=O)Nc2cnc(N3CCOCC3)nc2N(C)C)cc1. The molecule has 28 heavy (non-hydrogen) atoms. The van der Waals surface area contributed by atoms with Gasteiger partial charge in [-0.15, -0.1) is 0 Å². The third-order valence-corrected chi connectivity index (χ3v) is 4.18. The van der Waals surface area contributed by atoms with Crippen LogP contribution in [0.3, 0.4) is 0 Å². The third-order valence-electron chi connectivity index (χ3n) is 4.18. The smallest absolute Gasteiger partial charge is 0.262 e. The van der Waals surface area contributed by atoms with Crippen LogP contribution in [0.5, 0.6) is 11.5 Å². The molecule has 1 aliphatic rings. The Bertz CT molecular complexity index is 791. The van der Waals surface area contributed by atoms with Gasteiger partial charge in [-0.3, -0.25) is 4.79 Å². The van der Waals surface area contributed by atoms with Crippen molar-refractivity contribution in [1.29, 1.82) is 0 Å².